The van der Waals surface area contributed by atoms with Gasteiger partial charge in [0.2, 0.25) is 5.60 Å². The largest absolute Gasteiger partial charge is 0.427 e. The minimum Gasteiger partial charge on any atom is -0.411 e. The van der Waals surface area contributed by atoms with Gasteiger partial charge in [-0.25, -0.2) is 0 Å². The molecule has 1 atom stereocenters. The van der Waals surface area contributed by atoms with Gasteiger partial charge in [-0.2, -0.15) is 26.3 Å². The van der Waals surface area contributed by atoms with Crippen LogP contribution in [0.5, 0.6) is 0 Å². The van der Waals surface area contributed by atoms with E-state index in [0.717, 1.165) is 11.6 Å². The van der Waals surface area contributed by atoms with Crippen molar-refractivity contribution in [2.75, 3.05) is 0 Å². The highest BCUT2D eigenvalue weighted by Crippen LogP contribution is 2.42. The molecule has 2 aromatic rings. The first kappa shape index (κ1) is 20.8. The number of aliphatic hydroxyl groups is 1. The predicted octanol–water partition coefficient (Wildman–Crippen LogP) is 4.84. The molecule has 2 aromatic carbocycles. The number of nitrogens with zero attached hydrogens (tertiary/aromatic N) is 1. The molecule has 27 heavy (non-hydrogen) atoms. The summed E-state index contributed by atoms with van der Waals surface area (Å²) in [5.41, 5.74) is -6.39. The van der Waals surface area contributed by atoms with Gasteiger partial charge in [0.1, 0.15) is 5.71 Å². The predicted molar refractivity (Wildman–Crippen MR) is 85.5 cm³/mol. The molecule has 0 radical (unpaired) electrons. The molecule has 0 fully saturated rings. The van der Waals surface area contributed by atoms with Crippen molar-refractivity contribution in [3.8, 4) is 0 Å². The van der Waals surface area contributed by atoms with Crippen LogP contribution in [0.4, 0.5) is 26.3 Å². The summed E-state index contributed by atoms with van der Waals surface area (Å²) in [4.78, 5) is 0. The molecule has 0 spiro atoms. The van der Waals surface area contributed by atoms with Gasteiger partial charge in [0, 0.05) is 6.42 Å². The Balaban J connectivity index is 2.57. The first-order chi connectivity index (χ1) is 12.4. The minimum absolute atomic E-state index is 0.188. The van der Waals surface area contributed by atoms with Gasteiger partial charge >= 0.3 is 12.4 Å². The Morgan fingerprint density at radius 2 is 1.48 bits per heavy atom. The number of hydrogen-bond acceptors (Lipinski definition) is 3. The number of halogens is 6. The molecule has 0 bridgehead atoms. The molecule has 1 unspecified atom stereocenters. The van der Waals surface area contributed by atoms with E-state index in [2.05, 4.69) is 5.16 Å². The maximum absolute atomic E-state index is 13.7. The molecule has 0 aliphatic heterocycles. The monoisotopic (exact) mass is 391 g/mol. The van der Waals surface area contributed by atoms with Crippen LogP contribution in [0.25, 0.3) is 0 Å². The number of aryl methyl sites for hydroxylation is 1. The van der Waals surface area contributed by atoms with E-state index in [0.29, 0.717) is 12.1 Å². The number of alkyl halides is 6. The van der Waals surface area contributed by atoms with Crippen LogP contribution in [0.3, 0.4) is 0 Å². The molecule has 9 heteroatoms. The molecule has 0 amide bonds. The van der Waals surface area contributed by atoms with Gasteiger partial charge < -0.3 is 10.3 Å². The average molecular weight is 391 g/mol. The van der Waals surface area contributed by atoms with E-state index < -0.39 is 41.2 Å². The Hall–Kier alpha value is -2.55. The standard InChI is InChI=1S/C18H15F6NO2/c1-11-5-7-12(8-6-11)9-15(25-27)16(26,18(22,23)24)13-3-2-4-14(10-13)17(19,20)21/h2-8,10,26-27H,9H2,1H3. The molecule has 3 nitrogen and oxygen atoms in total. The molecule has 0 saturated heterocycles. The summed E-state index contributed by atoms with van der Waals surface area (Å²) in [6.45, 7) is 1.75. The minimum atomic E-state index is -5.43. The second kappa shape index (κ2) is 7.22. The van der Waals surface area contributed by atoms with Crippen LogP contribution in [0.2, 0.25) is 0 Å². The molecular formula is C18H15F6NO2. The molecule has 0 aliphatic rings. The molecule has 0 aliphatic carbocycles. The maximum atomic E-state index is 13.7. The van der Waals surface area contributed by atoms with Crippen molar-refractivity contribution in [2.24, 2.45) is 5.16 Å². The molecule has 0 aromatic heterocycles. The Kier molecular flexibility index (Phi) is 5.55. The van der Waals surface area contributed by atoms with Crippen molar-refractivity contribution in [3.63, 3.8) is 0 Å². The van der Waals surface area contributed by atoms with Crippen molar-refractivity contribution < 1.29 is 36.7 Å². The van der Waals surface area contributed by atoms with Crippen LogP contribution < -0.4 is 0 Å². The zero-order valence-corrected chi connectivity index (χ0v) is 13.9. The lowest BCUT2D eigenvalue weighted by molar-refractivity contribution is -0.236. The maximum Gasteiger partial charge on any atom is 0.427 e. The van der Waals surface area contributed by atoms with Gasteiger partial charge in [0.15, 0.2) is 0 Å². The molecule has 0 saturated carbocycles. The molecule has 0 heterocycles. The van der Waals surface area contributed by atoms with Crippen LogP contribution in [-0.4, -0.2) is 22.2 Å². The number of oxime groups is 1. The topological polar surface area (TPSA) is 52.8 Å². The molecule has 2 rings (SSSR count). The highest BCUT2D eigenvalue weighted by atomic mass is 19.4. The lowest BCUT2D eigenvalue weighted by atomic mass is 9.84. The van der Waals surface area contributed by atoms with E-state index in [9.17, 15) is 31.4 Å². The second-order valence-electron chi connectivity index (χ2n) is 6.00. The number of rotatable bonds is 4. The summed E-state index contributed by atoms with van der Waals surface area (Å²) in [6, 6.07) is 8.33. The van der Waals surface area contributed by atoms with Crippen molar-refractivity contribution in [1.82, 2.24) is 0 Å². The van der Waals surface area contributed by atoms with Crippen molar-refractivity contribution in [1.29, 1.82) is 0 Å². The van der Waals surface area contributed by atoms with E-state index in [-0.39, 0.29) is 11.6 Å². The number of benzene rings is 2. The fourth-order valence-electron chi connectivity index (χ4n) is 2.55. The Morgan fingerprint density at radius 3 is 1.96 bits per heavy atom. The summed E-state index contributed by atoms with van der Waals surface area (Å²) < 4.78 is 79.7. The van der Waals surface area contributed by atoms with Crippen molar-refractivity contribution in [3.05, 3.63) is 70.8 Å². The van der Waals surface area contributed by atoms with E-state index in [4.69, 9.17) is 5.21 Å². The fourth-order valence-corrected chi connectivity index (χ4v) is 2.55. The van der Waals surface area contributed by atoms with Gasteiger partial charge in [-0.05, 0) is 30.2 Å². The Morgan fingerprint density at radius 1 is 0.926 bits per heavy atom. The lowest BCUT2D eigenvalue weighted by Crippen LogP contribution is -2.50. The van der Waals surface area contributed by atoms with E-state index >= 15 is 0 Å². The summed E-state index contributed by atoms with van der Waals surface area (Å²) >= 11 is 0. The highest BCUT2D eigenvalue weighted by molar-refractivity contribution is 5.95. The highest BCUT2D eigenvalue weighted by Gasteiger charge is 2.59. The third kappa shape index (κ3) is 4.24. The summed E-state index contributed by atoms with van der Waals surface area (Å²) in [6.07, 6.45) is -11.0. The number of hydrogen-bond donors (Lipinski definition) is 2. The normalized spacial score (nSPS) is 15.5. The fraction of sp³-hybridized carbons (Fsp3) is 0.278. The van der Waals surface area contributed by atoms with E-state index in [1.54, 1.807) is 19.1 Å². The van der Waals surface area contributed by atoms with Gasteiger partial charge in [-0.3, -0.25) is 0 Å². The molecule has 2 N–H and O–H groups in total. The van der Waals surface area contributed by atoms with Crippen LogP contribution in [0.1, 0.15) is 22.3 Å². The smallest absolute Gasteiger partial charge is 0.411 e. The Bertz CT molecular complexity index is 827. The van der Waals surface area contributed by atoms with Gasteiger partial charge in [0.25, 0.3) is 0 Å². The van der Waals surface area contributed by atoms with Crippen LogP contribution >= 0.6 is 0 Å². The van der Waals surface area contributed by atoms with Gasteiger partial charge in [-0.1, -0.05) is 47.1 Å². The quantitative estimate of drug-likeness (QED) is 0.339. The molecule has 146 valence electrons. The lowest BCUT2D eigenvalue weighted by Gasteiger charge is -2.32. The van der Waals surface area contributed by atoms with Crippen molar-refractivity contribution >= 4 is 5.71 Å². The van der Waals surface area contributed by atoms with Gasteiger partial charge in [-0.15, -0.1) is 0 Å². The van der Waals surface area contributed by atoms with Crippen LogP contribution in [0.15, 0.2) is 53.7 Å². The summed E-state index contributed by atoms with van der Waals surface area (Å²) in [7, 11) is 0. The SMILES string of the molecule is Cc1ccc(CC(=NO)C(O)(c2cccc(C(F)(F)F)c2)C(F)(F)F)cc1. The zero-order chi connectivity index (χ0) is 20.5. The first-order valence-corrected chi connectivity index (χ1v) is 7.63. The Labute approximate surface area is 150 Å². The second-order valence-corrected chi connectivity index (χ2v) is 6.00. The van der Waals surface area contributed by atoms with E-state index in [1.165, 1.54) is 12.1 Å². The average Bonchev–Trinajstić information content (AvgIpc) is 2.59. The van der Waals surface area contributed by atoms with Crippen molar-refractivity contribution in [2.45, 2.75) is 31.3 Å². The third-order valence-corrected chi connectivity index (χ3v) is 4.05. The molecular weight excluding hydrogens is 376 g/mol. The first-order valence-electron chi connectivity index (χ1n) is 7.63. The van der Waals surface area contributed by atoms with Crippen LogP contribution in [0, 0.1) is 6.92 Å². The van der Waals surface area contributed by atoms with Gasteiger partial charge in [0.05, 0.1) is 5.56 Å². The summed E-state index contributed by atoms with van der Waals surface area (Å²) in [5.74, 6) is 0. The third-order valence-electron chi connectivity index (χ3n) is 4.05. The van der Waals surface area contributed by atoms with Crippen LogP contribution in [-0.2, 0) is 18.2 Å². The zero-order valence-electron chi connectivity index (χ0n) is 13.9. The van der Waals surface area contributed by atoms with E-state index in [1.807, 2.05) is 0 Å². The summed E-state index contributed by atoms with van der Waals surface area (Å²) in [5, 5.41) is 22.1.